The van der Waals surface area contributed by atoms with E-state index in [0.717, 1.165) is 5.70 Å². The van der Waals surface area contributed by atoms with Gasteiger partial charge in [0, 0.05) is 5.70 Å². The molecule has 0 aromatic heterocycles. The molecule has 11 heavy (non-hydrogen) atoms. The van der Waals surface area contributed by atoms with Crippen LogP contribution in [0.15, 0.2) is 22.9 Å². The van der Waals surface area contributed by atoms with Crippen molar-refractivity contribution < 1.29 is 0 Å². The average Bonchev–Trinajstić information content (AvgIpc) is 1.97. The zero-order valence-electron chi connectivity index (χ0n) is 7.39. The minimum atomic E-state index is 0.0127. The lowest BCUT2D eigenvalue weighted by Gasteiger charge is -2.26. The second kappa shape index (κ2) is 2.70. The molecule has 2 heteroatoms. The van der Waals surface area contributed by atoms with Crippen LogP contribution < -0.4 is 11.5 Å². The van der Waals surface area contributed by atoms with Crippen molar-refractivity contribution >= 4 is 0 Å². The Balaban J connectivity index is 3.01. The summed E-state index contributed by atoms with van der Waals surface area (Å²) in [5.41, 5.74) is 15.0. The van der Waals surface area contributed by atoms with Crippen molar-refractivity contribution in [3.8, 4) is 0 Å². The van der Waals surface area contributed by atoms with Crippen molar-refractivity contribution in [2.75, 3.05) is 0 Å². The van der Waals surface area contributed by atoms with Gasteiger partial charge in [0.1, 0.15) is 0 Å². The molecule has 0 aromatic carbocycles. The Bertz CT molecular complexity index is 226. The molecule has 0 aromatic rings. The van der Waals surface area contributed by atoms with E-state index in [1.165, 1.54) is 11.1 Å². The van der Waals surface area contributed by atoms with Gasteiger partial charge < -0.3 is 11.5 Å². The molecule has 2 atom stereocenters. The summed E-state index contributed by atoms with van der Waals surface area (Å²) < 4.78 is 0. The zero-order chi connectivity index (χ0) is 8.59. The Kier molecular flexibility index (Phi) is 2.05. The standard InChI is InChI=1S/C9H16N2/c1-5-4-8(10)9(11)7(3)6(5)2/h4,7,9H,10-11H2,1-3H3. The second-order valence-electron chi connectivity index (χ2n) is 3.32. The lowest BCUT2D eigenvalue weighted by molar-refractivity contribution is 0.555. The van der Waals surface area contributed by atoms with Gasteiger partial charge in [-0.25, -0.2) is 0 Å². The van der Waals surface area contributed by atoms with E-state index in [2.05, 4.69) is 20.8 Å². The molecule has 1 aliphatic carbocycles. The van der Waals surface area contributed by atoms with Gasteiger partial charge in [-0.05, 0) is 25.8 Å². The van der Waals surface area contributed by atoms with Gasteiger partial charge in [0.05, 0.1) is 6.04 Å². The number of hydrogen-bond acceptors (Lipinski definition) is 2. The van der Waals surface area contributed by atoms with Gasteiger partial charge in [0.25, 0.3) is 0 Å². The average molecular weight is 152 g/mol. The van der Waals surface area contributed by atoms with E-state index in [-0.39, 0.29) is 6.04 Å². The summed E-state index contributed by atoms with van der Waals surface area (Å²) >= 11 is 0. The molecule has 1 rings (SSSR count). The van der Waals surface area contributed by atoms with Crippen molar-refractivity contribution in [2.45, 2.75) is 26.8 Å². The molecule has 0 fully saturated rings. The van der Waals surface area contributed by atoms with E-state index in [9.17, 15) is 0 Å². The fraction of sp³-hybridized carbons (Fsp3) is 0.556. The van der Waals surface area contributed by atoms with Gasteiger partial charge in [0.15, 0.2) is 0 Å². The second-order valence-corrected chi connectivity index (χ2v) is 3.32. The highest BCUT2D eigenvalue weighted by atomic mass is 14.8. The van der Waals surface area contributed by atoms with Crippen molar-refractivity contribution in [3.05, 3.63) is 22.9 Å². The molecule has 2 nitrogen and oxygen atoms in total. The summed E-state index contributed by atoms with van der Waals surface area (Å²) in [6.45, 7) is 6.30. The Morgan fingerprint density at radius 2 is 1.91 bits per heavy atom. The smallest absolute Gasteiger partial charge is 0.0506 e. The minimum absolute atomic E-state index is 0.0127. The number of allylic oxidation sites excluding steroid dienone is 2. The topological polar surface area (TPSA) is 52.0 Å². The molecule has 0 radical (unpaired) electrons. The first-order chi connectivity index (χ1) is 5.04. The lowest BCUT2D eigenvalue weighted by Crippen LogP contribution is -2.36. The molecular formula is C9H16N2. The van der Waals surface area contributed by atoms with Crippen LogP contribution in [0.5, 0.6) is 0 Å². The third kappa shape index (κ3) is 1.31. The van der Waals surface area contributed by atoms with Crippen molar-refractivity contribution in [1.82, 2.24) is 0 Å². The summed E-state index contributed by atoms with van der Waals surface area (Å²) in [5, 5.41) is 0. The zero-order valence-corrected chi connectivity index (χ0v) is 7.39. The van der Waals surface area contributed by atoms with Crippen LogP contribution >= 0.6 is 0 Å². The molecule has 62 valence electrons. The van der Waals surface area contributed by atoms with Crippen molar-refractivity contribution in [2.24, 2.45) is 17.4 Å². The summed E-state index contributed by atoms with van der Waals surface area (Å²) in [5.74, 6) is 0.389. The highest BCUT2D eigenvalue weighted by Gasteiger charge is 2.21. The Labute approximate surface area is 68.0 Å². The molecular weight excluding hydrogens is 136 g/mol. The predicted octanol–water partition coefficient (Wildman–Crippen LogP) is 1.14. The highest BCUT2D eigenvalue weighted by Crippen LogP contribution is 2.25. The lowest BCUT2D eigenvalue weighted by atomic mass is 9.85. The largest absolute Gasteiger partial charge is 0.401 e. The molecule has 1 aliphatic rings. The Morgan fingerprint density at radius 1 is 1.36 bits per heavy atom. The maximum absolute atomic E-state index is 5.85. The van der Waals surface area contributed by atoms with E-state index in [0.29, 0.717) is 5.92 Å². The molecule has 4 N–H and O–H groups in total. The molecule has 0 amide bonds. The molecule has 2 unspecified atom stereocenters. The van der Waals surface area contributed by atoms with E-state index >= 15 is 0 Å². The minimum Gasteiger partial charge on any atom is -0.401 e. The van der Waals surface area contributed by atoms with E-state index in [1.807, 2.05) is 6.08 Å². The molecule has 0 spiro atoms. The van der Waals surface area contributed by atoms with Gasteiger partial charge in [-0.15, -0.1) is 0 Å². The first-order valence-electron chi connectivity index (χ1n) is 3.94. The Morgan fingerprint density at radius 3 is 2.45 bits per heavy atom. The molecule has 0 saturated carbocycles. The SMILES string of the molecule is CC1=C(C)C(C)C(N)C(N)=C1. The normalized spacial score (nSPS) is 32.2. The molecule has 0 aliphatic heterocycles. The van der Waals surface area contributed by atoms with Crippen LogP contribution in [-0.2, 0) is 0 Å². The summed E-state index contributed by atoms with van der Waals surface area (Å²) in [6, 6.07) is 0.0127. The number of nitrogens with two attached hydrogens (primary N) is 2. The van der Waals surface area contributed by atoms with Crippen LogP contribution in [0.25, 0.3) is 0 Å². The Hall–Kier alpha value is -0.760. The van der Waals surface area contributed by atoms with Gasteiger partial charge in [-0.3, -0.25) is 0 Å². The maximum atomic E-state index is 5.85. The fourth-order valence-corrected chi connectivity index (χ4v) is 1.38. The van der Waals surface area contributed by atoms with Crippen LogP contribution in [0.3, 0.4) is 0 Å². The monoisotopic (exact) mass is 152 g/mol. The van der Waals surface area contributed by atoms with Crippen LogP contribution in [0.2, 0.25) is 0 Å². The predicted molar refractivity (Wildman–Crippen MR) is 47.8 cm³/mol. The van der Waals surface area contributed by atoms with Gasteiger partial charge in [-0.1, -0.05) is 18.1 Å². The quantitative estimate of drug-likeness (QED) is 0.547. The first kappa shape index (κ1) is 8.34. The fourth-order valence-electron chi connectivity index (χ4n) is 1.38. The van der Waals surface area contributed by atoms with E-state index < -0.39 is 0 Å². The summed E-state index contributed by atoms with van der Waals surface area (Å²) in [4.78, 5) is 0. The third-order valence-electron chi connectivity index (χ3n) is 2.61. The molecule has 0 bridgehead atoms. The number of hydrogen-bond donors (Lipinski definition) is 2. The summed E-state index contributed by atoms with van der Waals surface area (Å²) in [6.07, 6.45) is 1.97. The highest BCUT2D eigenvalue weighted by molar-refractivity contribution is 5.35. The third-order valence-corrected chi connectivity index (χ3v) is 2.61. The maximum Gasteiger partial charge on any atom is 0.0506 e. The van der Waals surface area contributed by atoms with E-state index in [1.54, 1.807) is 0 Å². The van der Waals surface area contributed by atoms with Crippen LogP contribution in [-0.4, -0.2) is 6.04 Å². The van der Waals surface area contributed by atoms with E-state index in [4.69, 9.17) is 11.5 Å². The van der Waals surface area contributed by atoms with Gasteiger partial charge >= 0.3 is 0 Å². The van der Waals surface area contributed by atoms with Gasteiger partial charge in [-0.2, -0.15) is 0 Å². The summed E-state index contributed by atoms with van der Waals surface area (Å²) in [7, 11) is 0. The van der Waals surface area contributed by atoms with Gasteiger partial charge in [0.2, 0.25) is 0 Å². The van der Waals surface area contributed by atoms with Crippen molar-refractivity contribution in [1.29, 1.82) is 0 Å². The van der Waals surface area contributed by atoms with Crippen LogP contribution in [0, 0.1) is 5.92 Å². The number of rotatable bonds is 0. The van der Waals surface area contributed by atoms with Crippen molar-refractivity contribution in [3.63, 3.8) is 0 Å². The van der Waals surface area contributed by atoms with Crippen LogP contribution in [0.1, 0.15) is 20.8 Å². The molecule has 0 heterocycles. The van der Waals surface area contributed by atoms with Crippen LogP contribution in [0.4, 0.5) is 0 Å². The first-order valence-corrected chi connectivity index (χ1v) is 3.94. The molecule has 0 saturated heterocycles.